The maximum Gasteiger partial charge on any atom is 0.325 e. The van der Waals surface area contributed by atoms with Crippen LogP contribution in [-0.4, -0.2) is 23.6 Å². The molecule has 25 heavy (non-hydrogen) atoms. The molecule has 5 nitrogen and oxygen atoms in total. The van der Waals surface area contributed by atoms with Crippen LogP contribution in [0.5, 0.6) is 0 Å². The minimum absolute atomic E-state index is 0.222. The van der Waals surface area contributed by atoms with Gasteiger partial charge in [-0.3, -0.25) is 9.59 Å². The Labute approximate surface area is 154 Å². The summed E-state index contributed by atoms with van der Waals surface area (Å²) < 4.78 is 21.7. The van der Waals surface area contributed by atoms with Gasteiger partial charge < -0.3 is 9.30 Å². The van der Waals surface area contributed by atoms with Gasteiger partial charge in [0.15, 0.2) is 4.80 Å². The normalized spacial score (nSPS) is 11.7. The molecule has 0 aliphatic heterocycles. The lowest BCUT2D eigenvalue weighted by Crippen LogP contribution is -2.22. The molecule has 0 fully saturated rings. The third-order valence-corrected chi connectivity index (χ3v) is 5.03. The largest absolute Gasteiger partial charge is 0.468 e. The summed E-state index contributed by atoms with van der Waals surface area (Å²) >= 11 is 4.44. The summed E-state index contributed by atoms with van der Waals surface area (Å²) in [6.07, 6.45) is 0. The van der Waals surface area contributed by atoms with E-state index in [-0.39, 0.29) is 16.9 Å². The molecule has 0 aliphatic carbocycles. The van der Waals surface area contributed by atoms with Crippen molar-refractivity contribution in [2.45, 2.75) is 6.54 Å². The second-order valence-electron chi connectivity index (χ2n) is 5.06. The average Bonchev–Trinajstić information content (AvgIpc) is 2.93. The van der Waals surface area contributed by atoms with Gasteiger partial charge in [0, 0.05) is 10.0 Å². The van der Waals surface area contributed by atoms with Crippen LogP contribution in [0.15, 0.2) is 51.9 Å². The first-order valence-electron chi connectivity index (χ1n) is 7.19. The SMILES string of the molecule is COC(=O)Cn1c(=NC(=O)c2ccc(Br)cc2)sc2cccc(F)c21. The molecular formula is C17H12BrFN2O3S. The van der Waals surface area contributed by atoms with Crippen LogP contribution < -0.4 is 4.80 Å². The maximum atomic E-state index is 14.2. The van der Waals surface area contributed by atoms with E-state index in [2.05, 4.69) is 25.7 Å². The summed E-state index contributed by atoms with van der Waals surface area (Å²) in [5.74, 6) is -1.52. The number of carbonyl (C=O) groups excluding carboxylic acids is 2. The van der Waals surface area contributed by atoms with Crippen molar-refractivity contribution < 1.29 is 18.7 Å². The average molecular weight is 423 g/mol. The standard InChI is InChI=1S/C17H12BrFN2O3S/c1-24-14(22)9-21-15-12(19)3-2-4-13(15)25-17(21)20-16(23)10-5-7-11(18)8-6-10/h2-8H,9H2,1H3. The number of carbonyl (C=O) groups is 2. The molecule has 1 amide bonds. The number of amides is 1. The number of halogens is 2. The van der Waals surface area contributed by atoms with Crippen molar-refractivity contribution in [3.63, 3.8) is 0 Å². The molecule has 0 N–H and O–H groups in total. The molecule has 3 rings (SSSR count). The van der Waals surface area contributed by atoms with E-state index >= 15 is 0 Å². The van der Waals surface area contributed by atoms with E-state index in [4.69, 9.17) is 0 Å². The number of fused-ring (bicyclic) bond motifs is 1. The van der Waals surface area contributed by atoms with E-state index in [0.29, 0.717) is 10.3 Å². The predicted octanol–water partition coefficient (Wildman–Crippen LogP) is 3.52. The second kappa shape index (κ2) is 7.28. The van der Waals surface area contributed by atoms with E-state index < -0.39 is 17.7 Å². The summed E-state index contributed by atoms with van der Waals surface area (Å²) in [6.45, 7) is -0.232. The van der Waals surface area contributed by atoms with Crippen molar-refractivity contribution in [2.24, 2.45) is 4.99 Å². The number of benzene rings is 2. The summed E-state index contributed by atoms with van der Waals surface area (Å²) in [7, 11) is 1.25. The molecule has 1 aromatic heterocycles. The van der Waals surface area contributed by atoms with Crippen LogP contribution in [0.2, 0.25) is 0 Å². The highest BCUT2D eigenvalue weighted by atomic mass is 79.9. The zero-order chi connectivity index (χ0) is 18.0. The smallest absolute Gasteiger partial charge is 0.325 e. The first-order valence-corrected chi connectivity index (χ1v) is 8.80. The topological polar surface area (TPSA) is 60.7 Å². The number of ether oxygens (including phenoxy) is 1. The number of methoxy groups -OCH3 is 1. The van der Waals surface area contributed by atoms with Crippen LogP contribution in [0.3, 0.4) is 0 Å². The molecule has 0 spiro atoms. The van der Waals surface area contributed by atoms with Crippen LogP contribution >= 0.6 is 27.3 Å². The lowest BCUT2D eigenvalue weighted by Gasteiger charge is -2.04. The van der Waals surface area contributed by atoms with E-state index in [1.807, 2.05) is 0 Å². The molecule has 0 aliphatic rings. The minimum atomic E-state index is -0.555. The summed E-state index contributed by atoms with van der Waals surface area (Å²) in [6, 6.07) is 11.3. The molecule has 0 radical (unpaired) electrons. The van der Waals surface area contributed by atoms with Crippen LogP contribution in [0.1, 0.15) is 10.4 Å². The van der Waals surface area contributed by atoms with Gasteiger partial charge in [0.2, 0.25) is 0 Å². The Hall–Kier alpha value is -2.32. The lowest BCUT2D eigenvalue weighted by molar-refractivity contribution is -0.141. The number of hydrogen-bond acceptors (Lipinski definition) is 4. The van der Waals surface area contributed by atoms with Crippen molar-refractivity contribution in [1.82, 2.24) is 4.57 Å². The van der Waals surface area contributed by atoms with E-state index in [9.17, 15) is 14.0 Å². The Bertz CT molecular complexity index is 1020. The van der Waals surface area contributed by atoms with Gasteiger partial charge in [0.1, 0.15) is 12.4 Å². The molecule has 0 atom stereocenters. The van der Waals surface area contributed by atoms with Gasteiger partial charge in [0.05, 0.1) is 17.3 Å². The molecule has 0 saturated heterocycles. The third-order valence-electron chi connectivity index (χ3n) is 3.46. The van der Waals surface area contributed by atoms with Crippen molar-refractivity contribution in [3.05, 3.63) is 63.1 Å². The highest BCUT2D eigenvalue weighted by Gasteiger charge is 2.15. The highest BCUT2D eigenvalue weighted by Crippen LogP contribution is 2.20. The van der Waals surface area contributed by atoms with Gasteiger partial charge in [-0.05, 0) is 36.4 Å². The fraction of sp³-hybridized carbons (Fsp3) is 0.118. The zero-order valence-corrected chi connectivity index (χ0v) is 15.4. The number of aromatic nitrogens is 1. The molecule has 8 heteroatoms. The molecule has 0 unspecified atom stereocenters. The number of para-hydroxylation sites is 1. The van der Waals surface area contributed by atoms with Gasteiger partial charge in [0.25, 0.3) is 5.91 Å². The Kier molecular flexibility index (Phi) is 5.10. The highest BCUT2D eigenvalue weighted by molar-refractivity contribution is 9.10. The van der Waals surface area contributed by atoms with Crippen LogP contribution in [0.4, 0.5) is 4.39 Å². The summed E-state index contributed by atoms with van der Waals surface area (Å²) in [4.78, 5) is 28.4. The van der Waals surface area contributed by atoms with Gasteiger partial charge in [-0.15, -0.1) is 0 Å². The second-order valence-corrected chi connectivity index (χ2v) is 6.98. The molecule has 2 aromatic carbocycles. The number of hydrogen-bond donors (Lipinski definition) is 0. The zero-order valence-electron chi connectivity index (χ0n) is 13.0. The van der Waals surface area contributed by atoms with Crippen molar-refractivity contribution >= 4 is 49.4 Å². The van der Waals surface area contributed by atoms with E-state index in [1.165, 1.54) is 17.7 Å². The van der Waals surface area contributed by atoms with Crippen molar-refractivity contribution in [1.29, 1.82) is 0 Å². The molecule has 128 valence electrons. The van der Waals surface area contributed by atoms with E-state index in [0.717, 1.165) is 15.8 Å². The fourth-order valence-electron chi connectivity index (χ4n) is 2.26. The summed E-state index contributed by atoms with van der Waals surface area (Å²) in [5.41, 5.74) is 0.617. The van der Waals surface area contributed by atoms with Crippen molar-refractivity contribution in [2.75, 3.05) is 7.11 Å². The molecule has 0 bridgehead atoms. The Morgan fingerprint density at radius 3 is 2.64 bits per heavy atom. The van der Waals surface area contributed by atoms with Crippen LogP contribution in [0.25, 0.3) is 10.2 Å². The van der Waals surface area contributed by atoms with E-state index in [1.54, 1.807) is 36.4 Å². The van der Waals surface area contributed by atoms with Gasteiger partial charge in [-0.2, -0.15) is 4.99 Å². The van der Waals surface area contributed by atoms with Crippen LogP contribution in [-0.2, 0) is 16.1 Å². The Morgan fingerprint density at radius 2 is 1.96 bits per heavy atom. The Morgan fingerprint density at radius 1 is 1.24 bits per heavy atom. The monoisotopic (exact) mass is 422 g/mol. The number of nitrogens with zero attached hydrogens (tertiary/aromatic N) is 2. The Balaban J connectivity index is 2.15. The number of esters is 1. The fourth-order valence-corrected chi connectivity index (χ4v) is 3.56. The number of rotatable bonds is 3. The van der Waals surface area contributed by atoms with Gasteiger partial charge >= 0.3 is 5.97 Å². The molecular weight excluding hydrogens is 411 g/mol. The van der Waals surface area contributed by atoms with Crippen molar-refractivity contribution in [3.8, 4) is 0 Å². The van der Waals surface area contributed by atoms with Gasteiger partial charge in [-0.1, -0.05) is 33.3 Å². The molecule has 3 aromatic rings. The first kappa shape index (κ1) is 17.5. The third kappa shape index (κ3) is 3.69. The molecule has 1 heterocycles. The van der Waals surface area contributed by atoms with Crippen LogP contribution in [0, 0.1) is 5.82 Å². The lowest BCUT2D eigenvalue weighted by atomic mass is 10.2. The minimum Gasteiger partial charge on any atom is -0.468 e. The molecule has 0 saturated carbocycles. The summed E-state index contributed by atoms with van der Waals surface area (Å²) in [5, 5.41) is 0. The van der Waals surface area contributed by atoms with Gasteiger partial charge in [-0.25, -0.2) is 4.39 Å². The first-order chi connectivity index (χ1) is 12.0. The number of thiazole rings is 1. The predicted molar refractivity (Wildman–Crippen MR) is 95.8 cm³/mol. The maximum absolute atomic E-state index is 14.2. The quantitative estimate of drug-likeness (QED) is 0.606.